The lowest BCUT2D eigenvalue weighted by atomic mass is 10.0. The summed E-state index contributed by atoms with van der Waals surface area (Å²) in [6.07, 6.45) is 6.95. The molecule has 2 rings (SSSR count). The molecule has 1 aliphatic carbocycles. The van der Waals surface area contributed by atoms with Crippen LogP contribution in [-0.4, -0.2) is 19.1 Å². The molecule has 0 bridgehead atoms. The smallest absolute Gasteiger partial charge is 0.309 e. The molecule has 1 N–H and O–H groups in total. The number of methoxy groups -OCH3 is 1. The van der Waals surface area contributed by atoms with E-state index in [4.69, 9.17) is 4.74 Å². The molecule has 3 heteroatoms. The molecule has 96 valence electrons. The summed E-state index contributed by atoms with van der Waals surface area (Å²) >= 11 is 0. The van der Waals surface area contributed by atoms with Gasteiger partial charge in [-0.2, -0.15) is 0 Å². The van der Waals surface area contributed by atoms with E-state index in [0.717, 1.165) is 24.9 Å². The Hall–Kier alpha value is -1.61. The summed E-state index contributed by atoms with van der Waals surface area (Å²) in [5.74, 6) is -0.190. The predicted molar refractivity (Wildman–Crippen MR) is 71.2 cm³/mol. The Morgan fingerprint density at radius 3 is 2.61 bits per heavy atom. The predicted octanol–water partition coefficient (Wildman–Crippen LogP) is 2.21. The number of benzene rings is 1. The number of hydrogen-bond acceptors (Lipinski definition) is 3. The van der Waals surface area contributed by atoms with Gasteiger partial charge in [-0.1, -0.05) is 36.4 Å². The lowest BCUT2D eigenvalue weighted by Crippen LogP contribution is -2.26. The Bertz CT molecular complexity index is 432. The molecule has 1 aromatic rings. The average molecular weight is 245 g/mol. The standard InChI is InChI=1S/C15H19NO2/c1-18-15(17)10-12-6-2-3-7-13(12)11-16-14-8-4-5-9-14/h2-7,14,16H,8-11H2,1H3. The molecule has 0 saturated heterocycles. The molecule has 0 amide bonds. The molecule has 18 heavy (non-hydrogen) atoms. The Morgan fingerprint density at radius 1 is 1.28 bits per heavy atom. The van der Waals surface area contributed by atoms with E-state index in [1.807, 2.05) is 18.2 Å². The number of esters is 1. The highest BCUT2D eigenvalue weighted by Crippen LogP contribution is 2.13. The molecule has 0 fully saturated rings. The van der Waals surface area contributed by atoms with Crippen molar-refractivity contribution in [2.75, 3.05) is 7.11 Å². The van der Waals surface area contributed by atoms with Crippen LogP contribution >= 0.6 is 0 Å². The van der Waals surface area contributed by atoms with Gasteiger partial charge in [0, 0.05) is 12.6 Å². The molecule has 0 saturated carbocycles. The molecule has 0 heterocycles. The van der Waals surface area contributed by atoms with E-state index in [1.54, 1.807) is 0 Å². The van der Waals surface area contributed by atoms with Gasteiger partial charge in [-0.15, -0.1) is 0 Å². The third kappa shape index (κ3) is 3.44. The number of hydrogen-bond donors (Lipinski definition) is 1. The van der Waals surface area contributed by atoms with Crippen molar-refractivity contribution in [1.29, 1.82) is 0 Å². The highest BCUT2D eigenvalue weighted by Gasteiger charge is 2.11. The first-order chi connectivity index (χ1) is 8.79. The van der Waals surface area contributed by atoms with Crippen molar-refractivity contribution >= 4 is 5.97 Å². The molecule has 1 aliphatic rings. The average Bonchev–Trinajstić information content (AvgIpc) is 2.91. The van der Waals surface area contributed by atoms with Crippen LogP contribution in [0, 0.1) is 0 Å². The fourth-order valence-corrected chi connectivity index (χ4v) is 2.17. The van der Waals surface area contributed by atoms with Gasteiger partial charge < -0.3 is 10.1 Å². The van der Waals surface area contributed by atoms with Crippen LogP contribution < -0.4 is 5.32 Å². The van der Waals surface area contributed by atoms with E-state index < -0.39 is 0 Å². The minimum atomic E-state index is -0.190. The molecule has 0 unspecified atom stereocenters. The zero-order valence-electron chi connectivity index (χ0n) is 10.7. The second kappa shape index (κ2) is 6.36. The van der Waals surface area contributed by atoms with Crippen LogP contribution in [0.5, 0.6) is 0 Å². The summed E-state index contributed by atoms with van der Waals surface area (Å²) in [5.41, 5.74) is 2.22. The van der Waals surface area contributed by atoms with Gasteiger partial charge in [0.1, 0.15) is 0 Å². The minimum absolute atomic E-state index is 0.190. The molecular formula is C15H19NO2. The summed E-state index contributed by atoms with van der Waals surface area (Å²) in [4.78, 5) is 11.3. The first-order valence-corrected chi connectivity index (χ1v) is 6.31. The van der Waals surface area contributed by atoms with Crippen LogP contribution in [0.25, 0.3) is 0 Å². The summed E-state index contributed by atoms with van der Waals surface area (Å²) in [6, 6.07) is 8.55. The number of carbonyl (C=O) groups is 1. The van der Waals surface area contributed by atoms with Crippen LogP contribution in [0.4, 0.5) is 0 Å². The van der Waals surface area contributed by atoms with Crippen molar-refractivity contribution in [3.05, 3.63) is 47.5 Å². The van der Waals surface area contributed by atoms with Crippen molar-refractivity contribution in [2.24, 2.45) is 0 Å². The maximum absolute atomic E-state index is 11.3. The second-order valence-corrected chi connectivity index (χ2v) is 4.54. The summed E-state index contributed by atoms with van der Waals surface area (Å²) in [6.45, 7) is 0.805. The number of ether oxygens (including phenoxy) is 1. The summed E-state index contributed by atoms with van der Waals surface area (Å²) in [5, 5.41) is 3.51. The molecule has 0 aromatic heterocycles. The van der Waals surface area contributed by atoms with Crippen molar-refractivity contribution in [3.63, 3.8) is 0 Å². The van der Waals surface area contributed by atoms with E-state index in [2.05, 4.69) is 23.5 Å². The first-order valence-electron chi connectivity index (χ1n) is 6.31. The van der Waals surface area contributed by atoms with E-state index >= 15 is 0 Å². The molecule has 3 nitrogen and oxygen atoms in total. The van der Waals surface area contributed by atoms with Gasteiger partial charge in [-0.3, -0.25) is 4.79 Å². The van der Waals surface area contributed by atoms with Crippen molar-refractivity contribution in [2.45, 2.75) is 31.8 Å². The maximum atomic E-state index is 11.3. The Labute approximate surface area is 108 Å². The van der Waals surface area contributed by atoms with Crippen LogP contribution in [0.2, 0.25) is 0 Å². The summed E-state index contributed by atoms with van der Waals surface area (Å²) < 4.78 is 4.72. The second-order valence-electron chi connectivity index (χ2n) is 4.54. The topological polar surface area (TPSA) is 38.3 Å². The molecule has 0 spiro atoms. The third-order valence-corrected chi connectivity index (χ3v) is 3.27. The molecule has 0 aliphatic heterocycles. The van der Waals surface area contributed by atoms with Gasteiger partial charge in [-0.05, 0) is 24.0 Å². The van der Waals surface area contributed by atoms with Gasteiger partial charge in [0.05, 0.1) is 13.5 Å². The van der Waals surface area contributed by atoms with Crippen LogP contribution in [0.3, 0.4) is 0 Å². The largest absolute Gasteiger partial charge is 0.469 e. The van der Waals surface area contributed by atoms with Crippen molar-refractivity contribution in [1.82, 2.24) is 5.32 Å². The molecule has 0 radical (unpaired) electrons. The number of nitrogens with one attached hydrogen (secondary N) is 1. The van der Waals surface area contributed by atoms with Gasteiger partial charge in [0.25, 0.3) is 0 Å². The number of rotatable bonds is 5. The fraction of sp³-hybridized carbons (Fsp3) is 0.400. The Kier molecular flexibility index (Phi) is 4.53. The quantitative estimate of drug-likeness (QED) is 0.638. The normalized spacial score (nSPS) is 14.9. The van der Waals surface area contributed by atoms with Gasteiger partial charge in [0.15, 0.2) is 0 Å². The first kappa shape index (κ1) is 12.8. The highest BCUT2D eigenvalue weighted by atomic mass is 16.5. The van der Waals surface area contributed by atoms with Crippen LogP contribution in [-0.2, 0) is 22.5 Å². The van der Waals surface area contributed by atoms with E-state index in [-0.39, 0.29) is 5.97 Å². The van der Waals surface area contributed by atoms with E-state index in [1.165, 1.54) is 12.7 Å². The maximum Gasteiger partial charge on any atom is 0.309 e. The minimum Gasteiger partial charge on any atom is -0.469 e. The number of carbonyl (C=O) groups excluding carboxylic acids is 1. The monoisotopic (exact) mass is 245 g/mol. The van der Waals surface area contributed by atoms with Crippen molar-refractivity contribution < 1.29 is 9.53 Å². The Balaban J connectivity index is 1.95. The van der Waals surface area contributed by atoms with Gasteiger partial charge >= 0.3 is 5.97 Å². The molecule has 0 atom stereocenters. The van der Waals surface area contributed by atoms with Gasteiger partial charge in [-0.25, -0.2) is 0 Å². The SMILES string of the molecule is COC(=O)Cc1ccccc1CNC1CC=CC1. The lowest BCUT2D eigenvalue weighted by molar-refractivity contribution is -0.139. The van der Waals surface area contributed by atoms with Gasteiger partial charge in [0.2, 0.25) is 0 Å². The fourth-order valence-electron chi connectivity index (χ4n) is 2.17. The zero-order valence-corrected chi connectivity index (χ0v) is 10.7. The highest BCUT2D eigenvalue weighted by molar-refractivity contribution is 5.72. The van der Waals surface area contributed by atoms with Crippen LogP contribution in [0.1, 0.15) is 24.0 Å². The lowest BCUT2D eigenvalue weighted by Gasteiger charge is -2.14. The molecule has 1 aromatic carbocycles. The molecular weight excluding hydrogens is 226 g/mol. The zero-order chi connectivity index (χ0) is 12.8. The summed E-state index contributed by atoms with van der Waals surface area (Å²) in [7, 11) is 1.42. The van der Waals surface area contributed by atoms with Crippen LogP contribution in [0.15, 0.2) is 36.4 Å². The third-order valence-electron chi connectivity index (χ3n) is 3.27. The Morgan fingerprint density at radius 2 is 1.94 bits per heavy atom. The van der Waals surface area contributed by atoms with E-state index in [0.29, 0.717) is 12.5 Å². The van der Waals surface area contributed by atoms with Crippen molar-refractivity contribution in [3.8, 4) is 0 Å². The van der Waals surface area contributed by atoms with E-state index in [9.17, 15) is 4.79 Å².